The first kappa shape index (κ1) is 14.9. The van der Waals surface area contributed by atoms with Gasteiger partial charge in [0.2, 0.25) is 5.16 Å². The van der Waals surface area contributed by atoms with E-state index in [1.165, 1.54) is 4.88 Å². The Morgan fingerprint density at radius 1 is 1.17 bits per heavy atom. The zero-order valence-electron chi connectivity index (χ0n) is 11.8. The first-order chi connectivity index (χ1) is 11.3. The van der Waals surface area contributed by atoms with Crippen LogP contribution in [0.4, 0.5) is 0 Å². The minimum atomic E-state index is 0.330. The minimum Gasteiger partial charge on any atom is -0.486 e. The highest BCUT2D eigenvalue weighted by Gasteiger charge is 2.20. The lowest BCUT2D eigenvalue weighted by Crippen LogP contribution is -2.14. The summed E-state index contributed by atoms with van der Waals surface area (Å²) in [5.41, 5.74) is 1.04. The number of halogens is 1. The maximum Gasteiger partial charge on any atom is 0.212 e. The third kappa shape index (κ3) is 3.19. The Balaban J connectivity index is 1.56. The van der Waals surface area contributed by atoms with Gasteiger partial charge in [-0.25, -0.2) is 0 Å². The summed E-state index contributed by atoms with van der Waals surface area (Å²) in [4.78, 5) is 1.18. The van der Waals surface area contributed by atoms with Gasteiger partial charge in [-0.3, -0.25) is 0 Å². The van der Waals surface area contributed by atoms with Gasteiger partial charge in [-0.15, -0.1) is 21.5 Å². The van der Waals surface area contributed by atoms with Crippen LogP contribution in [0.3, 0.4) is 0 Å². The van der Waals surface area contributed by atoms with Gasteiger partial charge in [0.1, 0.15) is 12.4 Å². The van der Waals surface area contributed by atoms with Crippen molar-refractivity contribution >= 4 is 44.7 Å². The second kappa shape index (κ2) is 6.46. The molecule has 2 aromatic heterocycles. The molecule has 0 radical (unpaired) electrons. The van der Waals surface area contributed by atoms with E-state index in [2.05, 4.69) is 42.7 Å². The summed E-state index contributed by atoms with van der Waals surface area (Å²) in [7, 11) is 0. The maximum atomic E-state index is 5.78. The van der Waals surface area contributed by atoms with Crippen LogP contribution < -0.4 is 4.74 Å². The summed E-state index contributed by atoms with van der Waals surface area (Å²) in [6.45, 7) is 0.330. The molecule has 0 fully saturated rings. The Hall–Kier alpha value is -1.64. The second-order valence-electron chi connectivity index (χ2n) is 4.77. The normalized spacial score (nSPS) is 13.5. The number of hydrogen-bond acceptors (Lipinski definition) is 6. The molecule has 0 amide bonds. The SMILES string of the molecule is Brc1ccc(OCc2nnc3n2N=C(c2cccs2)CS3)cc1. The van der Waals surface area contributed by atoms with Gasteiger partial charge in [0.05, 0.1) is 10.6 Å². The quantitative estimate of drug-likeness (QED) is 0.655. The molecular weight excluding hydrogens is 396 g/mol. The van der Waals surface area contributed by atoms with Crippen LogP contribution in [-0.4, -0.2) is 26.3 Å². The van der Waals surface area contributed by atoms with Crippen LogP contribution in [0.2, 0.25) is 0 Å². The summed E-state index contributed by atoms with van der Waals surface area (Å²) in [6, 6.07) is 11.8. The molecule has 0 spiro atoms. The molecule has 0 saturated carbocycles. The predicted molar refractivity (Wildman–Crippen MR) is 95.5 cm³/mol. The van der Waals surface area contributed by atoms with Crippen LogP contribution >= 0.6 is 39.0 Å². The molecular formula is C15H11BrN4OS2. The first-order valence-electron chi connectivity index (χ1n) is 6.87. The molecule has 0 saturated heterocycles. The molecule has 1 aliphatic rings. The average Bonchev–Trinajstić information content (AvgIpc) is 3.24. The molecule has 0 bridgehead atoms. The number of hydrogen-bond donors (Lipinski definition) is 0. The van der Waals surface area contributed by atoms with Crippen molar-refractivity contribution in [1.29, 1.82) is 0 Å². The fraction of sp³-hybridized carbons (Fsp3) is 0.133. The minimum absolute atomic E-state index is 0.330. The molecule has 8 heteroatoms. The van der Waals surface area contributed by atoms with E-state index in [0.717, 1.165) is 26.8 Å². The first-order valence-corrected chi connectivity index (χ1v) is 9.52. The summed E-state index contributed by atoms with van der Waals surface area (Å²) in [6.07, 6.45) is 0. The Bertz CT molecular complexity index is 843. The standard InChI is InChI=1S/C15H11BrN4OS2/c16-10-3-5-11(6-4-10)21-8-14-17-18-15-20(14)19-12(9-23-15)13-2-1-7-22-13/h1-7H,8-9H2. The largest absolute Gasteiger partial charge is 0.486 e. The molecule has 0 atom stereocenters. The molecule has 3 heterocycles. The fourth-order valence-corrected chi connectivity index (χ4v) is 4.01. The highest BCUT2D eigenvalue weighted by molar-refractivity contribution is 9.10. The van der Waals surface area contributed by atoms with E-state index < -0.39 is 0 Å². The summed E-state index contributed by atoms with van der Waals surface area (Å²) in [5.74, 6) is 2.30. The Kier molecular flexibility index (Phi) is 4.19. The van der Waals surface area contributed by atoms with E-state index in [4.69, 9.17) is 4.74 Å². The lowest BCUT2D eigenvalue weighted by Gasteiger charge is -2.13. The van der Waals surface area contributed by atoms with Crippen LogP contribution in [0, 0.1) is 0 Å². The monoisotopic (exact) mass is 406 g/mol. The molecule has 3 aromatic rings. The lowest BCUT2D eigenvalue weighted by atomic mass is 10.3. The molecule has 1 aromatic carbocycles. The molecule has 116 valence electrons. The number of ether oxygens (including phenoxy) is 1. The summed E-state index contributed by atoms with van der Waals surface area (Å²) >= 11 is 6.74. The van der Waals surface area contributed by atoms with E-state index in [1.807, 2.05) is 30.3 Å². The van der Waals surface area contributed by atoms with Crippen LogP contribution in [0.15, 0.2) is 56.5 Å². The number of nitrogens with zero attached hydrogens (tertiary/aromatic N) is 4. The molecule has 5 nitrogen and oxygen atoms in total. The van der Waals surface area contributed by atoms with Crippen molar-refractivity contribution in [1.82, 2.24) is 14.9 Å². The molecule has 1 aliphatic heterocycles. The van der Waals surface area contributed by atoms with Gasteiger partial charge in [-0.1, -0.05) is 33.8 Å². The maximum absolute atomic E-state index is 5.78. The van der Waals surface area contributed by atoms with Crippen LogP contribution in [0.1, 0.15) is 10.7 Å². The van der Waals surface area contributed by atoms with E-state index in [-0.39, 0.29) is 0 Å². The van der Waals surface area contributed by atoms with Crippen LogP contribution in [0.5, 0.6) is 5.75 Å². The van der Waals surface area contributed by atoms with Crippen molar-refractivity contribution < 1.29 is 4.74 Å². The van der Waals surface area contributed by atoms with Crippen molar-refractivity contribution in [2.45, 2.75) is 11.8 Å². The molecule has 23 heavy (non-hydrogen) atoms. The predicted octanol–water partition coefficient (Wildman–Crippen LogP) is 4.04. The number of rotatable bonds is 4. The molecule has 4 rings (SSSR count). The van der Waals surface area contributed by atoms with Gasteiger partial charge < -0.3 is 4.74 Å². The summed E-state index contributed by atoms with van der Waals surface area (Å²) < 4.78 is 8.58. The van der Waals surface area contributed by atoms with Gasteiger partial charge in [0.15, 0.2) is 5.82 Å². The van der Waals surface area contributed by atoms with E-state index in [9.17, 15) is 0 Å². The molecule has 0 unspecified atom stereocenters. The van der Waals surface area contributed by atoms with Crippen LogP contribution in [-0.2, 0) is 6.61 Å². The van der Waals surface area contributed by atoms with Crippen molar-refractivity contribution in [3.8, 4) is 5.75 Å². The van der Waals surface area contributed by atoms with Crippen molar-refractivity contribution in [3.63, 3.8) is 0 Å². The Morgan fingerprint density at radius 2 is 2.04 bits per heavy atom. The Labute approximate surface area is 149 Å². The summed E-state index contributed by atoms with van der Waals surface area (Å²) in [5, 5.41) is 15.9. The van der Waals surface area contributed by atoms with Gasteiger partial charge in [-0.2, -0.15) is 9.78 Å². The average molecular weight is 407 g/mol. The van der Waals surface area contributed by atoms with Crippen molar-refractivity contribution in [2.75, 3.05) is 5.75 Å². The smallest absolute Gasteiger partial charge is 0.212 e. The van der Waals surface area contributed by atoms with Crippen molar-refractivity contribution in [2.24, 2.45) is 5.10 Å². The van der Waals surface area contributed by atoms with Crippen molar-refractivity contribution in [3.05, 3.63) is 57.0 Å². The van der Waals surface area contributed by atoms with Gasteiger partial charge in [-0.05, 0) is 35.7 Å². The Morgan fingerprint density at radius 3 is 2.83 bits per heavy atom. The van der Waals surface area contributed by atoms with Gasteiger partial charge in [0, 0.05) is 10.2 Å². The zero-order valence-corrected chi connectivity index (χ0v) is 15.1. The number of aromatic nitrogens is 3. The van der Waals surface area contributed by atoms with E-state index >= 15 is 0 Å². The highest BCUT2D eigenvalue weighted by Crippen LogP contribution is 2.26. The number of thioether (sulfide) groups is 1. The third-order valence-electron chi connectivity index (χ3n) is 3.22. The van der Waals surface area contributed by atoms with Gasteiger partial charge in [0.25, 0.3) is 0 Å². The molecule has 0 N–H and O–H groups in total. The number of fused-ring (bicyclic) bond motifs is 1. The molecule has 0 aliphatic carbocycles. The topological polar surface area (TPSA) is 52.3 Å². The third-order valence-corrected chi connectivity index (χ3v) is 5.60. The number of benzene rings is 1. The van der Waals surface area contributed by atoms with Gasteiger partial charge >= 0.3 is 0 Å². The van der Waals surface area contributed by atoms with Crippen LogP contribution in [0.25, 0.3) is 0 Å². The fourth-order valence-electron chi connectivity index (χ4n) is 2.10. The lowest BCUT2D eigenvalue weighted by molar-refractivity contribution is 0.290. The second-order valence-corrected chi connectivity index (χ2v) is 7.57. The number of thiophene rings is 1. The van der Waals surface area contributed by atoms with E-state index in [0.29, 0.717) is 12.4 Å². The highest BCUT2D eigenvalue weighted by atomic mass is 79.9. The zero-order chi connectivity index (χ0) is 15.6. The van der Waals surface area contributed by atoms with E-state index in [1.54, 1.807) is 27.8 Å².